The number of likely N-dealkylation sites (tertiary alicyclic amines) is 1. The number of rotatable bonds is 5. The number of hydrogen-bond donors (Lipinski definition) is 5. The van der Waals surface area contributed by atoms with Gasteiger partial charge in [-0.15, -0.1) is 0 Å². The third-order valence-corrected chi connectivity index (χ3v) is 9.35. The first kappa shape index (κ1) is 28.0. The minimum absolute atomic E-state index is 0.0207. The average molecular weight is 575 g/mol. The number of phenolic OH excluding ortho intramolecular Hbond substituents is 1. The first-order chi connectivity index (χ1) is 20.1. The first-order valence-electron chi connectivity index (χ1n) is 14.3. The van der Waals surface area contributed by atoms with Crippen LogP contribution in [0.4, 0.5) is 0 Å². The van der Waals surface area contributed by atoms with E-state index in [1.165, 1.54) is 25.3 Å². The Morgan fingerprint density at radius 1 is 1.05 bits per heavy atom. The van der Waals surface area contributed by atoms with Gasteiger partial charge in [0, 0.05) is 30.0 Å². The number of allylic oxidation sites excluding steroid dienone is 2. The second-order valence-electron chi connectivity index (χ2n) is 11.8. The number of aliphatic hydroxyl groups excluding tert-OH is 2. The lowest BCUT2D eigenvalue weighted by Gasteiger charge is -2.45. The van der Waals surface area contributed by atoms with Gasteiger partial charge in [-0.1, -0.05) is 18.6 Å². The molecule has 10 nitrogen and oxygen atoms in total. The molecule has 2 aromatic carbocycles. The molecule has 0 radical (unpaired) electrons. The van der Waals surface area contributed by atoms with E-state index in [1.54, 1.807) is 13.2 Å². The Labute approximate surface area is 242 Å². The zero-order chi connectivity index (χ0) is 29.9. The van der Waals surface area contributed by atoms with E-state index < -0.39 is 52.0 Å². The largest absolute Gasteiger partial charge is 0.511 e. The summed E-state index contributed by atoms with van der Waals surface area (Å²) in [5.41, 5.74) is 4.82. The summed E-state index contributed by atoms with van der Waals surface area (Å²) in [5.74, 6) is -5.88. The molecule has 42 heavy (non-hydrogen) atoms. The van der Waals surface area contributed by atoms with Crippen LogP contribution in [0.5, 0.6) is 11.5 Å². The smallest absolute Gasteiger partial charge is 0.255 e. The molecule has 220 valence electrons. The molecule has 0 bridgehead atoms. The van der Waals surface area contributed by atoms with Crippen molar-refractivity contribution in [1.82, 2.24) is 4.90 Å². The quantitative estimate of drug-likeness (QED) is 0.336. The minimum Gasteiger partial charge on any atom is -0.511 e. The van der Waals surface area contributed by atoms with E-state index in [2.05, 4.69) is 4.90 Å². The number of amides is 1. The second-order valence-corrected chi connectivity index (χ2v) is 11.8. The van der Waals surface area contributed by atoms with Crippen molar-refractivity contribution in [3.8, 4) is 22.6 Å². The number of ether oxygens (including phenoxy) is 1. The monoisotopic (exact) mass is 574 g/mol. The summed E-state index contributed by atoms with van der Waals surface area (Å²) < 4.78 is 5.70. The summed E-state index contributed by atoms with van der Waals surface area (Å²) in [6.45, 7) is 2.84. The standard InChI is InChI=1S/C32H34N2O8/c1-42-24-8-5-16(15-34-9-3-2-4-10-34)11-20(24)19-6-7-22(35)26-21(19)13-17-12-18-14-23(36)27(31(33)40)30(39)32(18,41)29(38)25(17)28(26)37/h5-8,11,17-18,35-36,38,41H,2-4,9-10,12-15H2,1H3,(H2,33,40)/t17-,18+,32+/m1/s1. The summed E-state index contributed by atoms with van der Waals surface area (Å²) in [7, 11) is 1.57. The van der Waals surface area contributed by atoms with E-state index in [1.807, 2.05) is 18.2 Å². The normalized spacial score (nSPS) is 26.0. The van der Waals surface area contributed by atoms with Gasteiger partial charge in [0.05, 0.1) is 12.7 Å². The predicted octanol–water partition coefficient (Wildman–Crippen LogP) is 3.24. The molecule has 1 fully saturated rings. The number of aromatic hydroxyl groups is 1. The highest BCUT2D eigenvalue weighted by atomic mass is 16.5. The number of primary amides is 1. The van der Waals surface area contributed by atoms with Crippen LogP contribution in [-0.2, 0) is 22.6 Å². The summed E-state index contributed by atoms with van der Waals surface area (Å²) in [6.07, 6.45) is 3.59. The van der Waals surface area contributed by atoms with Gasteiger partial charge in [0.2, 0.25) is 5.78 Å². The van der Waals surface area contributed by atoms with Gasteiger partial charge in [0.1, 0.15) is 28.6 Å². The highest BCUT2D eigenvalue weighted by Crippen LogP contribution is 2.52. The van der Waals surface area contributed by atoms with Gasteiger partial charge in [0.25, 0.3) is 5.91 Å². The van der Waals surface area contributed by atoms with Gasteiger partial charge in [-0.05, 0) is 79.6 Å². The van der Waals surface area contributed by atoms with E-state index in [4.69, 9.17) is 10.5 Å². The van der Waals surface area contributed by atoms with E-state index in [0.29, 0.717) is 16.9 Å². The number of piperidine rings is 1. The Balaban J connectivity index is 1.45. The zero-order valence-electron chi connectivity index (χ0n) is 23.4. The van der Waals surface area contributed by atoms with Crippen molar-refractivity contribution in [3.63, 3.8) is 0 Å². The van der Waals surface area contributed by atoms with Crippen LogP contribution in [-0.4, -0.2) is 68.6 Å². The van der Waals surface area contributed by atoms with Crippen LogP contribution in [0.25, 0.3) is 11.1 Å². The lowest BCUT2D eigenvalue weighted by atomic mass is 9.60. The van der Waals surface area contributed by atoms with Crippen LogP contribution in [0.1, 0.15) is 53.6 Å². The molecular formula is C32H34N2O8. The maximum absolute atomic E-state index is 14.0. The number of aliphatic hydroxyl groups is 3. The van der Waals surface area contributed by atoms with E-state index in [0.717, 1.165) is 30.8 Å². The molecule has 1 amide bonds. The Kier molecular flexibility index (Phi) is 6.86. The van der Waals surface area contributed by atoms with E-state index in [9.17, 15) is 34.8 Å². The SMILES string of the molecule is COc1ccc(CN2CCCCC2)cc1-c1ccc(O)c2c1C[C@H]1C[C@H]3CC(O)=C(C(N)=O)C(=O)[C@@]3(O)C(O)=C1C2=O. The third-order valence-electron chi connectivity index (χ3n) is 9.35. The van der Waals surface area contributed by atoms with Gasteiger partial charge in [0.15, 0.2) is 11.4 Å². The van der Waals surface area contributed by atoms with Crippen LogP contribution < -0.4 is 10.5 Å². The summed E-state index contributed by atoms with van der Waals surface area (Å²) in [6, 6.07) is 9.13. The molecule has 3 atom stereocenters. The summed E-state index contributed by atoms with van der Waals surface area (Å²) >= 11 is 0. The molecule has 0 aromatic heterocycles. The topological polar surface area (TPSA) is 171 Å². The molecule has 1 saturated heterocycles. The fourth-order valence-electron chi connectivity index (χ4n) is 7.31. The van der Waals surface area contributed by atoms with Crippen LogP contribution >= 0.6 is 0 Å². The number of hydrogen-bond acceptors (Lipinski definition) is 9. The van der Waals surface area contributed by atoms with Crippen molar-refractivity contribution in [2.75, 3.05) is 20.2 Å². The van der Waals surface area contributed by atoms with E-state index >= 15 is 0 Å². The molecule has 6 rings (SSSR count). The molecule has 0 saturated carbocycles. The Morgan fingerprint density at radius 3 is 2.48 bits per heavy atom. The van der Waals surface area contributed by atoms with Crippen molar-refractivity contribution in [2.24, 2.45) is 17.6 Å². The Hall–Kier alpha value is -4.15. The zero-order valence-corrected chi connectivity index (χ0v) is 23.4. The predicted molar refractivity (Wildman–Crippen MR) is 152 cm³/mol. The second kappa shape index (κ2) is 10.3. The van der Waals surface area contributed by atoms with Gasteiger partial charge in [-0.3, -0.25) is 19.3 Å². The molecule has 0 unspecified atom stereocenters. The van der Waals surface area contributed by atoms with E-state index in [-0.39, 0.29) is 36.1 Å². The number of phenols is 1. The number of fused-ring (bicyclic) bond motifs is 3. The molecule has 3 aliphatic carbocycles. The minimum atomic E-state index is -2.59. The summed E-state index contributed by atoms with van der Waals surface area (Å²) in [4.78, 5) is 41.4. The van der Waals surface area contributed by atoms with Crippen molar-refractivity contribution in [1.29, 1.82) is 0 Å². The maximum Gasteiger partial charge on any atom is 0.255 e. The number of nitrogens with zero attached hydrogens (tertiary/aromatic N) is 1. The third kappa shape index (κ3) is 4.20. The lowest BCUT2D eigenvalue weighted by molar-refractivity contribution is -0.144. The average Bonchev–Trinajstić information content (AvgIpc) is 2.95. The Bertz CT molecular complexity index is 1580. The van der Waals surface area contributed by atoms with Gasteiger partial charge >= 0.3 is 0 Å². The van der Waals surface area contributed by atoms with Gasteiger partial charge in [-0.2, -0.15) is 0 Å². The fraction of sp³-hybridized carbons (Fsp3) is 0.406. The number of carbonyl (C=O) groups excluding carboxylic acids is 3. The fourth-order valence-corrected chi connectivity index (χ4v) is 7.31. The molecule has 1 aliphatic heterocycles. The first-order valence-corrected chi connectivity index (χ1v) is 14.3. The van der Waals surface area contributed by atoms with Crippen molar-refractivity contribution >= 4 is 17.5 Å². The molecule has 2 aromatic rings. The molecule has 6 N–H and O–H groups in total. The van der Waals surface area contributed by atoms with Crippen LogP contribution in [0.3, 0.4) is 0 Å². The number of Topliss-reactive ketones (excluding diaryl/α,β-unsaturated/α-hetero) is 2. The van der Waals surface area contributed by atoms with Gasteiger partial charge in [-0.25, -0.2) is 0 Å². The number of ketones is 2. The van der Waals surface area contributed by atoms with Crippen molar-refractivity contribution < 1.29 is 39.5 Å². The summed E-state index contributed by atoms with van der Waals surface area (Å²) in [5, 5.41) is 44.0. The molecule has 10 heteroatoms. The number of nitrogens with two attached hydrogens (primary N) is 1. The maximum atomic E-state index is 14.0. The van der Waals surface area contributed by atoms with Crippen LogP contribution in [0.2, 0.25) is 0 Å². The lowest BCUT2D eigenvalue weighted by Crippen LogP contribution is -2.57. The van der Waals surface area contributed by atoms with Gasteiger partial charge < -0.3 is 30.9 Å². The highest BCUT2D eigenvalue weighted by molar-refractivity contribution is 6.24. The number of benzene rings is 2. The molecule has 4 aliphatic rings. The molecular weight excluding hydrogens is 540 g/mol. The van der Waals surface area contributed by atoms with Crippen molar-refractivity contribution in [3.05, 3.63) is 69.7 Å². The molecule has 0 spiro atoms. The highest BCUT2D eigenvalue weighted by Gasteiger charge is 2.59. The number of methoxy groups -OCH3 is 1. The molecule has 1 heterocycles. The Morgan fingerprint density at radius 2 is 1.79 bits per heavy atom. The number of carbonyl (C=O) groups is 3. The van der Waals surface area contributed by atoms with Crippen LogP contribution in [0.15, 0.2) is 53.0 Å². The van der Waals surface area contributed by atoms with Crippen molar-refractivity contribution in [2.45, 2.75) is 50.7 Å². The van der Waals surface area contributed by atoms with Crippen LogP contribution in [0, 0.1) is 11.8 Å².